The topological polar surface area (TPSA) is 72.2 Å². The third-order valence-electron chi connectivity index (χ3n) is 3.02. The van der Waals surface area contributed by atoms with E-state index >= 15 is 0 Å². The Morgan fingerprint density at radius 1 is 1.25 bits per heavy atom. The normalized spacial score (nSPS) is 11.8. The summed E-state index contributed by atoms with van der Waals surface area (Å²) in [7, 11) is -3.92. The van der Waals surface area contributed by atoms with Crippen LogP contribution in [0.1, 0.15) is 16.7 Å². The maximum Gasteiger partial charge on any atom is 0.243 e. The zero-order valence-electron chi connectivity index (χ0n) is 11.1. The van der Waals surface area contributed by atoms with Gasteiger partial charge in [0, 0.05) is 12.2 Å². The molecule has 1 aromatic heterocycles. The number of anilines is 1. The highest BCUT2D eigenvalue weighted by Crippen LogP contribution is 2.22. The van der Waals surface area contributed by atoms with Crippen molar-refractivity contribution in [1.82, 2.24) is 4.72 Å². The number of hydrogen-bond acceptors (Lipinski definition) is 4. The molecular formula is C13H15FN2O2S2. The molecule has 0 unspecified atom stereocenters. The number of benzene rings is 1. The van der Waals surface area contributed by atoms with Crippen molar-refractivity contribution in [3.63, 3.8) is 0 Å². The molecule has 0 aliphatic carbocycles. The van der Waals surface area contributed by atoms with E-state index in [4.69, 9.17) is 5.73 Å². The SMILES string of the molecule is Cc1cc(F)c(S(=O)(=O)NCc2cscc2C)cc1N. The lowest BCUT2D eigenvalue weighted by Crippen LogP contribution is -2.24. The highest BCUT2D eigenvalue weighted by atomic mass is 32.2. The van der Waals surface area contributed by atoms with Gasteiger partial charge in [-0.1, -0.05) is 0 Å². The molecule has 7 heteroatoms. The molecule has 0 bridgehead atoms. The van der Waals surface area contributed by atoms with Crippen LogP contribution in [0.15, 0.2) is 27.8 Å². The van der Waals surface area contributed by atoms with Gasteiger partial charge in [-0.05, 0) is 53.4 Å². The van der Waals surface area contributed by atoms with Gasteiger partial charge in [0.25, 0.3) is 0 Å². The van der Waals surface area contributed by atoms with Crippen molar-refractivity contribution < 1.29 is 12.8 Å². The molecule has 0 spiro atoms. The number of hydrogen-bond donors (Lipinski definition) is 2. The van der Waals surface area contributed by atoms with E-state index in [9.17, 15) is 12.8 Å². The molecule has 2 rings (SSSR count). The van der Waals surface area contributed by atoms with E-state index < -0.39 is 20.7 Å². The average molecular weight is 314 g/mol. The molecule has 1 heterocycles. The minimum atomic E-state index is -3.92. The third-order valence-corrected chi connectivity index (χ3v) is 5.35. The first-order chi connectivity index (χ1) is 9.31. The number of nitrogen functional groups attached to an aromatic ring is 1. The van der Waals surface area contributed by atoms with Crippen molar-refractivity contribution in [2.45, 2.75) is 25.3 Å². The number of halogens is 1. The van der Waals surface area contributed by atoms with Crippen LogP contribution in [-0.4, -0.2) is 8.42 Å². The van der Waals surface area contributed by atoms with E-state index in [1.807, 2.05) is 17.7 Å². The monoisotopic (exact) mass is 314 g/mol. The van der Waals surface area contributed by atoms with Crippen molar-refractivity contribution in [2.75, 3.05) is 5.73 Å². The number of aryl methyl sites for hydroxylation is 2. The Labute approximate surface area is 121 Å². The van der Waals surface area contributed by atoms with Crippen LogP contribution in [0.3, 0.4) is 0 Å². The van der Waals surface area contributed by atoms with Crippen molar-refractivity contribution >= 4 is 27.0 Å². The van der Waals surface area contributed by atoms with E-state index in [2.05, 4.69) is 4.72 Å². The molecule has 0 saturated heterocycles. The van der Waals surface area contributed by atoms with Gasteiger partial charge in [0.05, 0.1) is 0 Å². The van der Waals surface area contributed by atoms with E-state index in [1.165, 1.54) is 11.3 Å². The number of nitrogens with one attached hydrogen (secondary N) is 1. The summed E-state index contributed by atoms with van der Waals surface area (Å²) in [5.74, 6) is -0.800. The summed E-state index contributed by atoms with van der Waals surface area (Å²) >= 11 is 1.49. The van der Waals surface area contributed by atoms with Crippen LogP contribution in [0, 0.1) is 19.7 Å². The van der Waals surface area contributed by atoms with Gasteiger partial charge in [0.2, 0.25) is 10.0 Å². The fraction of sp³-hybridized carbons (Fsp3) is 0.231. The Balaban J connectivity index is 2.27. The Kier molecular flexibility index (Phi) is 4.12. The standard InChI is InChI=1S/C13H15FN2O2S2/c1-8-3-11(14)13(4-12(8)15)20(17,18)16-5-10-7-19-6-9(10)2/h3-4,6-7,16H,5,15H2,1-2H3. The number of rotatable bonds is 4. The van der Waals surface area contributed by atoms with Crippen LogP contribution < -0.4 is 10.5 Å². The fourth-order valence-corrected chi connectivity index (χ4v) is 3.65. The van der Waals surface area contributed by atoms with E-state index in [-0.39, 0.29) is 12.2 Å². The Morgan fingerprint density at radius 3 is 2.55 bits per heavy atom. The molecule has 0 aliphatic heterocycles. The number of thiophene rings is 1. The van der Waals surface area contributed by atoms with E-state index in [0.717, 1.165) is 23.3 Å². The summed E-state index contributed by atoms with van der Waals surface area (Å²) in [6.07, 6.45) is 0. The van der Waals surface area contributed by atoms with Crippen molar-refractivity contribution in [3.8, 4) is 0 Å². The van der Waals surface area contributed by atoms with Crippen LogP contribution in [0.4, 0.5) is 10.1 Å². The lowest BCUT2D eigenvalue weighted by Gasteiger charge is -2.10. The van der Waals surface area contributed by atoms with E-state index in [0.29, 0.717) is 5.56 Å². The van der Waals surface area contributed by atoms with Gasteiger partial charge in [0.1, 0.15) is 10.7 Å². The largest absolute Gasteiger partial charge is 0.398 e. The van der Waals surface area contributed by atoms with Gasteiger partial charge in [-0.3, -0.25) is 0 Å². The first-order valence-electron chi connectivity index (χ1n) is 5.88. The lowest BCUT2D eigenvalue weighted by molar-refractivity contribution is 0.556. The van der Waals surface area contributed by atoms with Crippen LogP contribution in [0.2, 0.25) is 0 Å². The molecule has 0 aliphatic rings. The molecule has 0 amide bonds. The summed E-state index contributed by atoms with van der Waals surface area (Å²) in [5, 5.41) is 3.78. The number of nitrogens with two attached hydrogens (primary N) is 1. The molecule has 20 heavy (non-hydrogen) atoms. The maximum atomic E-state index is 13.8. The second-order valence-electron chi connectivity index (χ2n) is 4.54. The summed E-state index contributed by atoms with van der Waals surface area (Å²) in [6, 6.07) is 2.27. The molecule has 0 atom stereocenters. The van der Waals surface area contributed by atoms with E-state index in [1.54, 1.807) is 6.92 Å². The van der Waals surface area contributed by atoms with Gasteiger partial charge in [-0.25, -0.2) is 17.5 Å². The van der Waals surface area contributed by atoms with Crippen molar-refractivity contribution in [2.24, 2.45) is 0 Å². The van der Waals surface area contributed by atoms with Gasteiger partial charge in [-0.2, -0.15) is 11.3 Å². The lowest BCUT2D eigenvalue weighted by atomic mass is 10.2. The molecule has 3 N–H and O–H groups in total. The summed E-state index contributed by atoms with van der Waals surface area (Å²) < 4.78 is 40.4. The zero-order chi connectivity index (χ0) is 14.9. The molecule has 0 radical (unpaired) electrons. The van der Waals surface area contributed by atoms with Crippen LogP contribution >= 0.6 is 11.3 Å². The minimum Gasteiger partial charge on any atom is -0.398 e. The molecule has 0 fully saturated rings. The van der Waals surface area contributed by atoms with Crippen LogP contribution in [0.25, 0.3) is 0 Å². The van der Waals surface area contributed by atoms with Gasteiger partial charge in [0.15, 0.2) is 0 Å². The highest BCUT2D eigenvalue weighted by molar-refractivity contribution is 7.89. The molecule has 2 aromatic rings. The molecular weight excluding hydrogens is 299 g/mol. The average Bonchev–Trinajstić information content (AvgIpc) is 2.77. The van der Waals surface area contributed by atoms with Gasteiger partial charge >= 0.3 is 0 Å². The zero-order valence-corrected chi connectivity index (χ0v) is 12.7. The predicted octanol–water partition coefficient (Wildman–Crippen LogP) is 2.56. The first-order valence-corrected chi connectivity index (χ1v) is 8.31. The van der Waals surface area contributed by atoms with Crippen LogP contribution in [-0.2, 0) is 16.6 Å². The fourth-order valence-electron chi connectivity index (χ4n) is 1.69. The number of sulfonamides is 1. The minimum absolute atomic E-state index is 0.130. The van der Waals surface area contributed by atoms with Crippen molar-refractivity contribution in [1.29, 1.82) is 0 Å². The van der Waals surface area contributed by atoms with Gasteiger partial charge < -0.3 is 5.73 Å². The molecule has 4 nitrogen and oxygen atoms in total. The molecule has 1 aromatic carbocycles. The highest BCUT2D eigenvalue weighted by Gasteiger charge is 2.20. The summed E-state index contributed by atoms with van der Waals surface area (Å²) in [6.45, 7) is 3.65. The maximum absolute atomic E-state index is 13.8. The van der Waals surface area contributed by atoms with Crippen LogP contribution in [0.5, 0.6) is 0 Å². The third kappa shape index (κ3) is 3.00. The molecule has 108 valence electrons. The predicted molar refractivity (Wildman–Crippen MR) is 78.6 cm³/mol. The second-order valence-corrected chi connectivity index (χ2v) is 7.02. The summed E-state index contributed by atoms with van der Waals surface area (Å²) in [4.78, 5) is -0.423. The Morgan fingerprint density at radius 2 is 1.95 bits per heavy atom. The van der Waals surface area contributed by atoms with Crippen molar-refractivity contribution in [3.05, 3.63) is 45.4 Å². The Hall–Kier alpha value is -1.44. The second kappa shape index (κ2) is 5.51. The smallest absolute Gasteiger partial charge is 0.243 e. The summed E-state index contributed by atoms with van der Waals surface area (Å²) in [5.41, 5.74) is 8.28. The first kappa shape index (κ1) is 15.0. The quantitative estimate of drug-likeness (QED) is 0.852. The molecule has 0 saturated carbocycles. The van der Waals surface area contributed by atoms with Gasteiger partial charge in [-0.15, -0.1) is 0 Å². The Bertz CT molecular complexity index is 739.